The normalized spacial score (nSPS) is 11.7. The van der Waals surface area contributed by atoms with Crippen molar-refractivity contribution in [2.75, 3.05) is 18.5 Å². The molecule has 19 heavy (non-hydrogen) atoms. The molecule has 1 N–H and O–H groups in total. The van der Waals surface area contributed by atoms with Gasteiger partial charge >= 0.3 is 12.3 Å². The van der Waals surface area contributed by atoms with E-state index in [1.54, 1.807) is 0 Å². The molecule has 9 heteroatoms. The second kappa shape index (κ2) is 6.48. The maximum atomic E-state index is 13.2. The molecule has 0 aliphatic rings. The second-order valence-corrected chi connectivity index (χ2v) is 3.62. The average molecular weight is 285 g/mol. The molecule has 4 nitrogen and oxygen atoms in total. The minimum absolute atomic E-state index is 0.0291. The molecular weight excluding hydrogens is 273 g/mol. The first-order valence-electron chi connectivity index (χ1n) is 5.42. The highest BCUT2D eigenvalue weighted by atomic mass is 19.3. The Labute approximate surface area is 106 Å². The van der Waals surface area contributed by atoms with Gasteiger partial charge in [-0.25, -0.2) is 13.8 Å². The Morgan fingerprint density at radius 2 is 2.11 bits per heavy atom. The fraction of sp³-hybridized carbons (Fsp3) is 0.600. The van der Waals surface area contributed by atoms with Crippen LogP contribution in [-0.2, 0) is 0 Å². The van der Waals surface area contributed by atoms with E-state index in [9.17, 15) is 22.0 Å². The van der Waals surface area contributed by atoms with E-state index >= 15 is 0 Å². The Kier molecular flexibility index (Phi) is 5.25. The smallest absolute Gasteiger partial charge is 0.340 e. The summed E-state index contributed by atoms with van der Waals surface area (Å²) in [5.41, 5.74) is 0. The molecule has 0 aromatic carbocycles. The van der Waals surface area contributed by atoms with Gasteiger partial charge in [-0.1, -0.05) is 6.92 Å². The van der Waals surface area contributed by atoms with E-state index in [0.717, 1.165) is 6.42 Å². The maximum absolute atomic E-state index is 13.2. The quantitative estimate of drug-likeness (QED) is 0.782. The SMILES string of the molecule is CCCNc1ncc(F)c(OCC(F)(F)C(F)F)n1. The monoisotopic (exact) mass is 285 g/mol. The van der Waals surface area contributed by atoms with E-state index in [-0.39, 0.29) is 5.95 Å². The number of halogens is 5. The Morgan fingerprint density at radius 1 is 1.42 bits per heavy atom. The summed E-state index contributed by atoms with van der Waals surface area (Å²) in [5.74, 6) is -6.30. The van der Waals surface area contributed by atoms with Gasteiger partial charge in [0, 0.05) is 6.54 Å². The van der Waals surface area contributed by atoms with E-state index < -0.39 is 30.7 Å². The molecule has 0 aliphatic carbocycles. The average Bonchev–Trinajstić information content (AvgIpc) is 2.36. The highest BCUT2D eigenvalue weighted by molar-refractivity contribution is 5.28. The van der Waals surface area contributed by atoms with Crippen LogP contribution in [0.25, 0.3) is 0 Å². The summed E-state index contributed by atoms with van der Waals surface area (Å²) < 4.78 is 66.5. The molecule has 0 spiro atoms. The van der Waals surface area contributed by atoms with Crippen molar-refractivity contribution in [3.63, 3.8) is 0 Å². The van der Waals surface area contributed by atoms with Gasteiger partial charge in [-0.2, -0.15) is 18.2 Å². The van der Waals surface area contributed by atoms with Crippen LogP contribution in [0.3, 0.4) is 0 Å². The van der Waals surface area contributed by atoms with Gasteiger partial charge in [0.25, 0.3) is 5.88 Å². The molecule has 1 heterocycles. The largest absolute Gasteiger partial charge is 0.469 e. The van der Waals surface area contributed by atoms with Crippen molar-refractivity contribution in [1.29, 1.82) is 0 Å². The zero-order chi connectivity index (χ0) is 14.5. The fourth-order valence-corrected chi connectivity index (χ4v) is 1.00. The van der Waals surface area contributed by atoms with Gasteiger partial charge in [0.1, 0.15) is 0 Å². The Balaban J connectivity index is 2.71. The second-order valence-electron chi connectivity index (χ2n) is 3.62. The van der Waals surface area contributed by atoms with Gasteiger partial charge in [0.2, 0.25) is 11.8 Å². The van der Waals surface area contributed by atoms with Crippen LogP contribution >= 0.6 is 0 Å². The zero-order valence-electron chi connectivity index (χ0n) is 9.97. The number of nitrogens with zero attached hydrogens (tertiary/aromatic N) is 2. The highest BCUT2D eigenvalue weighted by Crippen LogP contribution is 2.24. The van der Waals surface area contributed by atoms with Crippen LogP contribution in [0.4, 0.5) is 27.9 Å². The Bertz CT molecular complexity index is 416. The predicted octanol–water partition coefficient (Wildman–Crippen LogP) is 2.72. The summed E-state index contributed by atoms with van der Waals surface area (Å²) in [6.45, 7) is 0.682. The van der Waals surface area contributed by atoms with Crippen LogP contribution in [-0.4, -0.2) is 35.5 Å². The number of ether oxygens (including phenoxy) is 1. The number of rotatable bonds is 7. The van der Waals surface area contributed by atoms with Gasteiger partial charge in [-0.15, -0.1) is 0 Å². The van der Waals surface area contributed by atoms with Gasteiger partial charge in [-0.05, 0) is 6.42 Å². The van der Waals surface area contributed by atoms with E-state index in [0.29, 0.717) is 12.7 Å². The van der Waals surface area contributed by atoms with Crippen molar-refractivity contribution in [1.82, 2.24) is 9.97 Å². The third-order valence-corrected chi connectivity index (χ3v) is 1.97. The van der Waals surface area contributed by atoms with Gasteiger partial charge in [0.05, 0.1) is 6.20 Å². The van der Waals surface area contributed by atoms with Crippen molar-refractivity contribution < 1.29 is 26.7 Å². The topological polar surface area (TPSA) is 47.0 Å². The molecule has 0 bridgehead atoms. The molecule has 1 aromatic rings. The van der Waals surface area contributed by atoms with Crippen molar-refractivity contribution >= 4 is 5.95 Å². The summed E-state index contributed by atoms with van der Waals surface area (Å²) in [4.78, 5) is 7.02. The van der Waals surface area contributed by atoms with E-state index in [1.165, 1.54) is 0 Å². The standard InChI is InChI=1S/C10H12F5N3O/c1-2-3-16-9-17-4-6(11)7(18-9)19-5-10(14,15)8(12)13/h4,8H,2-3,5H2,1H3,(H,16,17,18). The first-order valence-corrected chi connectivity index (χ1v) is 5.42. The fourth-order valence-electron chi connectivity index (χ4n) is 1.00. The molecule has 0 atom stereocenters. The van der Waals surface area contributed by atoms with Crippen LogP contribution < -0.4 is 10.1 Å². The van der Waals surface area contributed by atoms with Crippen molar-refractivity contribution in [3.8, 4) is 5.88 Å². The molecule has 0 radical (unpaired) electrons. The molecule has 1 rings (SSSR count). The van der Waals surface area contributed by atoms with Gasteiger partial charge in [0.15, 0.2) is 6.61 Å². The number of alkyl halides is 4. The molecule has 0 amide bonds. The summed E-state index contributed by atoms with van der Waals surface area (Å²) in [5, 5.41) is 2.68. The highest BCUT2D eigenvalue weighted by Gasteiger charge is 2.42. The lowest BCUT2D eigenvalue weighted by atomic mass is 10.4. The lowest BCUT2D eigenvalue weighted by molar-refractivity contribution is -0.149. The first-order chi connectivity index (χ1) is 8.86. The summed E-state index contributed by atoms with van der Waals surface area (Å²) in [7, 11) is 0. The molecule has 0 unspecified atom stereocenters. The lowest BCUT2D eigenvalue weighted by Gasteiger charge is -2.15. The van der Waals surface area contributed by atoms with Crippen molar-refractivity contribution in [3.05, 3.63) is 12.0 Å². The number of nitrogens with one attached hydrogen (secondary N) is 1. The van der Waals surface area contributed by atoms with Gasteiger partial charge in [-0.3, -0.25) is 0 Å². The van der Waals surface area contributed by atoms with Crippen LogP contribution in [0.2, 0.25) is 0 Å². The Morgan fingerprint density at radius 3 is 2.68 bits per heavy atom. The third-order valence-electron chi connectivity index (χ3n) is 1.97. The van der Waals surface area contributed by atoms with Crippen LogP contribution in [0.5, 0.6) is 5.88 Å². The zero-order valence-corrected chi connectivity index (χ0v) is 9.97. The molecule has 0 saturated carbocycles. The maximum Gasteiger partial charge on any atom is 0.340 e. The molecule has 108 valence electrons. The molecule has 0 fully saturated rings. The minimum atomic E-state index is -4.37. The minimum Gasteiger partial charge on any atom is -0.469 e. The van der Waals surface area contributed by atoms with Crippen molar-refractivity contribution in [2.24, 2.45) is 0 Å². The van der Waals surface area contributed by atoms with E-state index in [4.69, 9.17) is 0 Å². The van der Waals surface area contributed by atoms with Crippen LogP contribution in [0.15, 0.2) is 6.20 Å². The van der Waals surface area contributed by atoms with Gasteiger partial charge < -0.3 is 10.1 Å². The van der Waals surface area contributed by atoms with Crippen LogP contribution in [0, 0.1) is 5.82 Å². The Hall–Kier alpha value is -1.67. The summed E-state index contributed by atoms with van der Waals surface area (Å²) >= 11 is 0. The number of anilines is 1. The first kappa shape index (κ1) is 15.4. The number of hydrogen-bond acceptors (Lipinski definition) is 4. The molecule has 0 aliphatic heterocycles. The van der Waals surface area contributed by atoms with E-state index in [2.05, 4.69) is 20.0 Å². The molecule has 1 aromatic heterocycles. The van der Waals surface area contributed by atoms with Crippen LogP contribution in [0.1, 0.15) is 13.3 Å². The predicted molar refractivity (Wildman–Crippen MR) is 57.2 cm³/mol. The number of aromatic nitrogens is 2. The summed E-state index contributed by atoms with van der Waals surface area (Å²) in [6.07, 6.45) is -2.45. The lowest BCUT2D eigenvalue weighted by Crippen LogP contribution is -2.34. The summed E-state index contributed by atoms with van der Waals surface area (Å²) in [6, 6.07) is 0. The van der Waals surface area contributed by atoms with Crippen molar-refractivity contribution in [2.45, 2.75) is 25.7 Å². The molecular formula is C10H12F5N3O. The number of hydrogen-bond donors (Lipinski definition) is 1. The third kappa shape index (κ3) is 4.49. The van der Waals surface area contributed by atoms with E-state index in [1.807, 2.05) is 6.92 Å². The molecule has 0 saturated heterocycles.